The summed E-state index contributed by atoms with van der Waals surface area (Å²) in [7, 11) is -3.17. The van der Waals surface area contributed by atoms with Crippen molar-refractivity contribution in [2.24, 2.45) is 0 Å². The summed E-state index contributed by atoms with van der Waals surface area (Å²) in [5.74, 6) is 0.177. The van der Waals surface area contributed by atoms with Crippen LogP contribution in [-0.2, 0) is 22.8 Å². The summed E-state index contributed by atoms with van der Waals surface area (Å²) in [5, 5.41) is 4.29. The summed E-state index contributed by atoms with van der Waals surface area (Å²) in [6, 6.07) is 10.6. The highest BCUT2D eigenvalue weighted by molar-refractivity contribution is 7.91. The molecule has 0 aliphatic heterocycles. The average Bonchev–Trinajstić information content (AvgIpc) is 2.93. The molecule has 0 fully saturated rings. The minimum Gasteiger partial charge on any atom is -0.270 e. The minimum atomic E-state index is -3.17. The third kappa shape index (κ3) is 4.43. The molecule has 4 nitrogen and oxygen atoms in total. The van der Waals surface area contributed by atoms with Crippen LogP contribution in [0.4, 0.5) is 0 Å². The van der Waals surface area contributed by atoms with Gasteiger partial charge in [0.25, 0.3) is 0 Å². The first-order chi connectivity index (χ1) is 10.1. The zero-order valence-corrected chi connectivity index (χ0v) is 13.2. The number of sulfone groups is 1. The van der Waals surface area contributed by atoms with E-state index in [9.17, 15) is 8.42 Å². The maximum Gasteiger partial charge on any atom is 0.178 e. The van der Waals surface area contributed by atoms with Gasteiger partial charge in [0.1, 0.15) is 0 Å². The standard InChI is InChI=1S/C16H22N2O2S/c1-2-3-13-18-15(11-12-17-18)8-7-14-21(19,20)16-9-5-4-6-10-16/h4-6,9-12H,2-3,7-8,13-14H2,1H3. The number of unbranched alkanes of at least 4 members (excludes halogenated alkanes) is 1. The molecule has 0 amide bonds. The molecule has 0 bridgehead atoms. The van der Waals surface area contributed by atoms with Crippen molar-refractivity contribution in [2.75, 3.05) is 5.75 Å². The highest BCUT2D eigenvalue weighted by Gasteiger charge is 2.13. The summed E-state index contributed by atoms with van der Waals surface area (Å²) in [4.78, 5) is 0.407. The van der Waals surface area contributed by atoms with Crippen LogP contribution >= 0.6 is 0 Å². The Bertz CT molecular complexity index is 648. The second-order valence-corrected chi connectivity index (χ2v) is 7.24. The quantitative estimate of drug-likeness (QED) is 0.753. The maximum atomic E-state index is 12.2. The van der Waals surface area contributed by atoms with Crippen molar-refractivity contribution in [1.29, 1.82) is 0 Å². The zero-order chi connectivity index (χ0) is 15.1. The second kappa shape index (κ2) is 7.41. The van der Waals surface area contributed by atoms with Gasteiger partial charge in [0.05, 0.1) is 10.6 Å². The second-order valence-electron chi connectivity index (χ2n) is 5.13. The maximum absolute atomic E-state index is 12.2. The van der Waals surface area contributed by atoms with Gasteiger partial charge in [-0.25, -0.2) is 8.42 Å². The van der Waals surface area contributed by atoms with Crippen LogP contribution in [0.1, 0.15) is 31.9 Å². The molecule has 5 heteroatoms. The Morgan fingerprint density at radius 1 is 1.10 bits per heavy atom. The molecule has 0 spiro atoms. The van der Waals surface area contributed by atoms with E-state index in [1.165, 1.54) is 0 Å². The average molecular weight is 306 g/mol. The minimum absolute atomic E-state index is 0.177. The summed E-state index contributed by atoms with van der Waals surface area (Å²) in [6.07, 6.45) is 5.38. The molecule has 2 aromatic rings. The number of hydrogen-bond acceptors (Lipinski definition) is 3. The number of benzene rings is 1. The number of nitrogens with zero attached hydrogens (tertiary/aromatic N) is 2. The number of rotatable bonds is 8. The Morgan fingerprint density at radius 2 is 1.86 bits per heavy atom. The Kier molecular flexibility index (Phi) is 5.56. The highest BCUT2D eigenvalue weighted by atomic mass is 32.2. The van der Waals surface area contributed by atoms with Crippen LogP contribution in [0.25, 0.3) is 0 Å². The molecule has 1 heterocycles. The monoisotopic (exact) mass is 306 g/mol. The van der Waals surface area contributed by atoms with Crippen LogP contribution in [0.3, 0.4) is 0 Å². The molecule has 0 atom stereocenters. The first kappa shape index (κ1) is 15.8. The van der Waals surface area contributed by atoms with Crippen molar-refractivity contribution in [2.45, 2.75) is 44.0 Å². The van der Waals surface area contributed by atoms with Gasteiger partial charge in [0.2, 0.25) is 0 Å². The topological polar surface area (TPSA) is 52.0 Å². The highest BCUT2D eigenvalue weighted by Crippen LogP contribution is 2.13. The van der Waals surface area contributed by atoms with Crippen LogP contribution in [0.5, 0.6) is 0 Å². The van der Waals surface area contributed by atoms with Crippen LogP contribution in [0.15, 0.2) is 47.5 Å². The molecule has 1 aromatic heterocycles. The van der Waals surface area contributed by atoms with Crippen molar-refractivity contribution in [3.63, 3.8) is 0 Å². The molecule has 0 aliphatic rings. The normalized spacial score (nSPS) is 11.7. The van der Waals surface area contributed by atoms with E-state index in [1.807, 2.05) is 16.8 Å². The molecule has 0 N–H and O–H groups in total. The SMILES string of the molecule is CCCCn1nccc1CCCS(=O)(=O)c1ccccc1. The third-order valence-corrected chi connectivity index (χ3v) is 5.29. The van der Waals surface area contributed by atoms with Gasteiger partial charge in [-0.05, 0) is 37.5 Å². The van der Waals surface area contributed by atoms with E-state index in [0.717, 1.165) is 31.5 Å². The molecular weight excluding hydrogens is 284 g/mol. The lowest BCUT2D eigenvalue weighted by Crippen LogP contribution is -2.10. The van der Waals surface area contributed by atoms with Crippen molar-refractivity contribution in [1.82, 2.24) is 9.78 Å². The Balaban J connectivity index is 1.91. The van der Waals surface area contributed by atoms with E-state index in [2.05, 4.69) is 12.0 Å². The predicted molar refractivity (Wildman–Crippen MR) is 84.0 cm³/mol. The molecule has 1 aromatic carbocycles. The van der Waals surface area contributed by atoms with Crippen molar-refractivity contribution >= 4 is 9.84 Å². The van der Waals surface area contributed by atoms with Crippen LogP contribution in [0.2, 0.25) is 0 Å². The van der Waals surface area contributed by atoms with Gasteiger partial charge >= 0.3 is 0 Å². The number of aromatic nitrogens is 2. The third-order valence-electron chi connectivity index (χ3n) is 3.48. The zero-order valence-electron chi connectivity index (χ0n) is 12.4. The van der Waals surface area contributed by atoms with Gasteiger partial charge in [-0.15, -0.1) is 0 Å². The van der Waals surface area contributed by atoms with E-state index >= 15 is 0 Å². The van der Waals surface area contributed by atoms with Crippen LogP contribution in [0, 0.1) is 0 Å². The molecular formula is C16H22N2O2S. The Hall–Kier alpha value is -1.62. The van der Waals surface area contributed by atoms with E-state index < -0.39 is 9.84 Å². The Morgan fingerprint density at radius 3 is 2.57 bits per heavy atom. The van der Waals surface area contributed by atoms with E-state index in [0.29, 0.717) is 11.3 Å². The van der Waals surface area contributed by atoms with E-state index in [-0.39, 0.29) is 5.75 Å². The smallest absolute Gasteiger partial charge is 0.178 e. The molecule has 0 unspecified atom stereocenters. The lowest BCUT2D eigenvalue weighted by atomic mass is 10.2. The summed E-state index contributed by atoms with van der Waals surface area (Å²) in [5.41, 5.74) is 1.12. The molecule has 2 rings (SSSR count). The fourth-order valence-corrected chi connectivity index (χ4v) is 3.60. The van der Waals surface area contributed by atoms with Crippen molar-refractivity contribution < 1.29 is 8.42 Å². The number of aryl methyl sites for hydroxylation is 2. The molecule has 0 saturated heterocycles. The van der Waals surface area contributed by atoms with Crippen LogP contribution in [-0.4, -0.2) is 24.0 Å². The molecule has 21 heavy (non-hydrogen) atoms. The first-order valence-electron chi connectivity index (χ1n) is 7.42. The summed E-state index contributed by atoms with van der Waals surface area (Å²) in [6.45, 7) is 3.06. The lowest BCUT2D eigenvalue weighted by molar-refractivity contribution is 0.544. The lowest BCUT2D eigenvalue weighted by Gasteiger charge is -2.07. The van der Waals surface area contributed by atoms with E-state index in [4.69, 9.17) is 0 Å². The van der Waals surface area contributed by atoms with Crippen molar-refractivity contribution in [3.05, 3.63) is 48.3 Å². The van der Waals surface area contributed by atoms with Crippen LogP contribution < -0.4 is 0 Å². The van der Waals surface area contributed by atoms with Gasteiger partial charge in [-0.1, -0.05) is 31.5 Å². The fourth-order valence-electron chi connectivity index (χ4n) is 2.27. The van der Waals surface area contributed by atoms with Gasteiger partial charge in [-0.3, -0.25) is 4.68 Å². The largest absolute Gasteiger partial charge is 0.270 e. The molecule has 0 radical (unpaired) electrons. The predicted octanol–water partition coefficient (Wildman–Crippen LogP) is 3.09. The van der Waals surface area contributed by atoms with Gasteiger partial charge < -0.3 is 0 Å². The summed E-state index contributed by atoms with van der Waals surface area (Å²) >= 11 is 0. The van der Waals surface area contributed by atoms with Gasteiger partial charge in [0.15, 0.2) is 9.84 Å². The fraction of sp³-hybridized carbons (Fsp3) is 0.438. The molecule has 0 saturated carbocycles. The Labute approximate surface area is 126 Å². The van der Waals surface area contributed by atoms with Gasteiger partial charge in [0, 0.05) is 18.4 Å². The summed E-state index contributed by atoms with van der Waals surface area (Å²) < 4.78 is 26.4. The van der Waals surface area contributed by atoms with Crippen molar-refractivity contribution in [3.8, 4) is 0 Å². The number of hydrogen-bond donors (Lipinski definition) is 0. The molecule has 0 aliphatic carbocycles. The van der Waals surface area contributed by atoms with Gasteiger partial charge in [-0.2, -0.15) is 5.10 Å². The first-order valence-corrected chi connectivity index (χ1v) is 9.07. The molecule has 114 valence electrons. The van der Waals surface area contributed by atoms with E-state index in [1.54, 1.807) is 30.5 Å².